The molecule has 2 atom stereocenters. The molecule has 70 valence electrons. The van der Waals surface area contributed by atoms with Gasteiger partial charge in [-0.1, -0.05) is 9.39 Å². The summed E-state index contributed by atoms with van der Waals surface area (Å²) >= 11 is 0. The van der Waals surface area contributed by atoms with E-state index in [1.54, 1.807) is 7.05 Å². The van der Waals surface area contributed by atoms with E-state index in [0.717, 1.165) is 19.4 Å². The molecule has 0 saturated carbocycles. The number of nitrogens with zero attached hydrogens (tertiary/aromatic N) is 2. The molecule has 1 amide bonds. The van der Waals surface area contributed by atoms with Gasteiger partial charge in [-0.15, -0.1) is 0 Å². The van der Waals surface area contributed by atoms with Crippen LogP contribution in [-0.4, -0.2) is 42.4 Å². The Morgan fingerprint density at radius 2 is 2.42 bits per heavy atom. The quantitative estimate of drug-likeness (QED) is 0.462. The summed E-state index contributed by atoms with van der Waals surface area (Å²) in [4.78, 5) is 16.4. The lowest BCUT2D eigenvalue weighted by atomic mass is 10.2. The Kier molecular flexibility index (Phi) is 3.44. The van der Waals surface area contributed by atoms with E-state index in [0.29, 0.717) is 0 Å². The fourth-order valence-corrected chi connectivity index (χ4v) is 1.81. The first kappa shape index (κ1) is 9.90. The molecule has 0 aliphatic carbocycles. The van der Waals surface area contributed by atoms with E-state index in [1.165, 1.54) is 12.2 Å². The maximum Gasteiger partial charge on any atom is 0.263 e. The first-order valence-electron chi connectivity index (χ1n) is 4.00. The van der Waals surface area contributed by atoms with Crippen LogP contribution in [0.4, 0.5) is 0 Å². The maximum atomic E-state index is 11.5. The van der Waals surface area contributed by atoms with Gasteiger partial charge in [-0.25, -0.2) is 5.06 Å². The first-order valence-corrected chi connectivity index (χ1v) is 4.51. The highest BCUT2D eigenvalue weighted by molar-refractivity contribution is 7.13. The van der Waals surface area contributed by atoms with Crippen molar-refractivity contribution in [3.8, 4) is 0 Å². The smallest absolute Gasteiger partial charge is 0.263 e. The summed E-state index contributed by atoms with van der Waals surface area (Å²) in [7, 11) is 5.71. The molecular weight excluding hydrogens is 175 g/mol. The summed E-state index contributed by atoms with van der Waals surface area (Å²) in [5, 5.41) is 1.28. The number of hydrogen-bond donors (Lipinski definition) is 0. The molecule has 5 heteroatoms. The van der Waals surface area contributed by atoms with Gasteiger partial charge in [0.15, 0.2) is 0 Å². The minimum Gasteiger partial charge on any atom is -0.275 e. The van der Waals surface area contributed by atoms with Crippen molar-refractivity contribution in [3.63, 3.8) is 0 Å². The van der Waals surface area contributed by atoms with Gasteiger partial charge in [0.05, 0.1) is 13.2 Å². The van der Waals surface area contributed by atoms with Crippen LogP contribution >= 0.6 is 9.39 Å². The lowest BCUT2D eigenvalue weighted by molar-refractivity contribution is -0.172. The minimum absolute atomic E-state index is 0.0139. The second kappa shape index (κ2) is 4.17. The van der Waals surface area contributed by atoms with Gasteiger partial charge in [-0.2, -0.15) is 0 Å². The van der Waals surface area contributed by atoms with E-state index in [-0.39, 0.29) is 11.9 Å². The molecule has 1 unspecified atom stereocenters. The minimum atomic E-state index is -0.0139. The van der Waals surface area contributed by atoms with Crippen LogP contribution in [-0.2, 0) is 9.63 Å². The van der Waals surface area contributed by atoms with Gasteiger partial charge < -0.3 is 0 Å². The van der Waals surface area contributed by atoms with E-state index in [1.807, 2.05) is 4.67 Å². The molecule has 0 bridgehead atoms. The zero-order valence-corrected chi connectivity index (χ0v) is 8.64. The third-order valence-electron chi connectivity index (χ3n) is 2.16. The average molecular weight is 190 g/mol. The standard InChI is InChI=1S/C7H15N2O2P/c1-8(11-2)7(10)6-4-3-5-9(6)12/h6H,3-5,12H2,1-2H3/t6-/m0/s1. The topological polar surface area (TPSA) is 32.8 Å². The van der Waals surface area contributed by atoms with Crippen molar-refractivity contribution >= 4 is 15.3 Å². The van der Waals surface area contributed by atoms with Crippen LogP contribution in [0.15, 0.2) is 0 Å². The number of rotatable bonds is 2. The molecule has 12 heavy (non-hydrogen) atoms. The van der Waals surface area contributed by atoms with Crippen LogP contribution in [0.25, 0.3) is 0 Å². The molecule has 1 heterocycles. The lowest BCUT2D eigenvalue weighted by Crippen LogP contribution is -2.39. The molecule has 0 aromatic rings. The molecule has 0 N–H and O–H groups in total. The van der Waals surface area contributed by atoms with E-state index in [4.69, 9.17) is 4.84 Å². The highest BCUT2D eigenvalue weighted by atomic mass is 31.0. The van der Waals surface area contributed by atoms with Gasteiger partial charge in [0, 0.05) is 13.6 Å². The molecule has 0 radical (unpaired) electrons. The summed E-state index contributed by atoms with van der Waals surface area (Å²) in [6.07, 6.45) is 2.01. The first-order chi connectivity index (χ1) is 5.66. The van der Waals surface area contributed by atoms with Crippen molar-refractivity contribution in [2.75, 3.05) is 20.7 Å². The molecule has 1 aliphatic heterocycles. The van der Waals surface area contributed by atoms with Gasteiger partial charge in [-0.3, -0.25) is 14.3 Å². The molecule has 1 rings (SSSR count). The van der Waals surface area contributed by atoms with Gasteiger partial charge in [0.25, 0.3) is 5.91 Å². The maximum absolute atomic E-state index is 11.5. The summed E-state index contributed by atoms with van der Waals surface area (Å²) in [6, 6.07) is -0.0139. The van der Waals surface area contributed by atoms with E-state index in [9.17, 15) is 4.79 Å². The third-order valence-corrected chi connectivity index (χ3v) is 2.78. The van der Waals surface area contributed by atoms with Crippen LogP contribution in [0, 0.1) is 0 Å². The summed E-state index contributed by atoms with van der Waals surface area (Å²) in [6.45, 7) is 0.971. The zero-order valence-electron chi connectivity index (χ0n) is 7.49. The Labute approximate surface area is 75.1 Å². The van der Waals surface area contributed by atoms with Crippen molar-refractivity contribution in [3.05, 3.63) is 0 Å². The fourth-order valence-electron chi connectivity index (χ4n) is 1.35. The average Bonchev–Trinajstić information content (AvgIpc) is 2.48. The number of likely N-dealkylation sites (N-methyl/N-ethyl adjacent to an activating group) is 1. The van der Waals surface area contributed by atoms with E-state index >= 15 is 0 Å². The second-order valence-corrected chi connectivity index (χ2v) is 3.58. The summed E-state index contributed by atoms with van der Waals surface area (Å²) in [5.74, 6) is 0.0324. The van der Waals surface area contributed by atoms with Crippen LogP contribution < -0.4 is 0 Å². The van der Waals surface area contributed by atoms with Gasteiger partial charge in [0.2, 0.25) is 0 Å². The van der Waals surface area contributed by atoms with Gasteiger partial charge in [0.1, 0.15) is 0 Å². The molecule has 0 spiro atoms. The van der Waals surface area contributed by atoms with Crippen LogP contribution in [0.1, 0.15) is 12.8 Å². The molecule has 0 aromatic carbocycles. The Morgan fingerprint density at radius 1 is 1.75 bits per heavy atom. The van der Waals surface area contributed by atoms with Gasteiger partial charge >= 0.3 is 0 Å². The Balaban J connectivity index is 2.51. The van der Waals surface area contributed by atoms with Crippen LogP contribution in [0.2, 0.25) is 0 Å². The Morgan fingerprint density at radius 3 is 2.83 bits per heavy atom. The normalized spacial score (nSPS) is 24.4. The summed E-state index contributed by atoms with van der Waals surface area (Å²) < 4.78 is 1.98. The van der Waals surface area contributed by atoms with Crippen molar-refractivity contribution in [1.82, 2.24) is 9.73 Å². The van der Waals surface area contributed by atoms with E-state index in [2.05, 4.69) is 9.39 Å². The lowest BCUT2D eigenvalue weighted by Gasteiger charge is -2.22. The van der Waals surface area contributed by atoms with Crippen molar-refractivity contribution < 1.29 is 9.63 Å². The van der Waals surface area contributed by atoms with Gasteiger partial charge in [-0.05, 0) is 12.8 Å². The second-order valence-electron chi connectivity index (χ2n) is 2.91. The van der Waals surface area contributed by atoms with Crippen molar-refractivity contribution in [1.29, 1.82) is 0 Å². The highest BCUT2D eigenvalue weighted by Gasteiger charge is 2.30. The Bertz CT molecular complexity index is 177. The largest absolute Gasteiger partial charge is 0.275 e. The monoisotopic (exact) mass is 190 g/mol. The molecule has 4 nitrogen and oxygen atoms in total. The van der Waals surface area contributed by atoms with Crippen LogP contribution in [0.3, 0.4) is 0 Å². The van der Waals surface area contributed by atoms with Crippen molar-refractivity contribution in [2.45, 2.75) is 18.9 Å². The molecular formula is C7H15N2O2P. The number of carbonyl (C=O) groups excluding carboxylic acids is 1. The number of hydroxylamine groups is 2. The number of carbonyl (C=O) groups is 1. The van der Waals surface area contributed by atoms with E-state index < -0.39 is 0 Å². The predicted molar refractivity (Wildman–Crippen MR) is 49.2 cm³/mol. The predicted octanol–water partition coefficient (Wildman–Crippen LogP) is 0.261. The van der Waals surface area contributed by atoms with Crippen LogP contribution in [0.5, 0.6) is 0 Å². The number of hydrogen-bond acceptors (Lipinski definition) is 3. The van der Waals surface area contributed by atoms with Crippen molar-refractivity contribution in [2.24, 2.45) is 0 Å². The molecule has 0 aromatic heterocycles. The summed E-state index contributed by atoms with van der Waals surface area (Å²) in [5.41, 5.74) is 0. The molecule has 1 fully saturated rings. The Hall–Kier alpha value is -0.180. The zero-order chi connectivity index (χ0) is 9.14. The third kappa shape index (κ3) is 1.94. The molecule has 1 aliphatic rings. The number of amides is 1. The SMILES string of the molecule is CON(C)C(=O)[C@@H]1CCCN1P. The molecule has 1 saturated heterocycles. The highest BCUT2D eigenvalue weighted by Crippen LogP contribution is 2.22. The fraction of sp³-hybridized carbons (Fsp3) is 0.857.